The summed E-state index contributed by atoms with van der Waals surface area (Å²) < 4.78 is 6.96. The lowest BCUT2D eigenvalue weighted by atomic mass is 9.32. The number of carbonyl (C=O) groups is 1. The first-order valence-corrected chi connectivity index (χ1v) is 16.3. The van der Waals surface area contributed by atoms with Crippen molar-refractivity contribution in [3.63, 3.8) is 0 Å². The van der Waals surface area contributed by atoms with Crippen molar-refractivity contribution in [3.05, 3.63) is 12.2 Å². The van der Waals surface area contributed by atoms with E-state index < -0.39 is 0 Å². The van der Waals surface area contributed by atoms with Gasteiger partial charge in [-0.2, -0.15) is 0 Å². The van der Waals surface area contributed by atoms with Gasteiger partial charge >= 0.3 is 5.97 Å². The lowest BCUT2D eigenvalue weighted by Gasteiger charge is -2.72. The second-order valence-corrected chi connectivity index (χ2v) is 17.4. The summed E-state index contributed by atoms with van der Waals surface area (Å²) >= 11 is 0. The Morgan fingerprint density at radius 1 is 0.875 bits per heavy atom. The van der Waals surface area contributed by atoms with Gasteiger partial charge in [-0.3, -0.25) is 4.79 Å². The maximum absolute atomic E-state index is 14.1. The maximum atomic E-state index is 14.1. The van der Waals surface area contributed by atoms with Gasteiger partial charge in [0.15, 0.2) is 0 Å². The number of halogens is 1. The molecule has 5 aliphatic rings. The standard InChI is InChI=1S/C35H60NO3.BrH/c1-23(2)24-13-18-35(30(38)39-22-21-36(8,9)10)20-19-33(6)25(29(24)35)11-12-27-32(5)16-15-28(37)31(3,4)26(32)14-17-34(27,33)7;/h24-29,37H,1,11-22H2,2-10H3;1H/q+1;/p-1/t24-,25+,26-,27+,28-,29+,32-,33+,34+,35-;/m0./s1. The molecular formula is C35H60BrNO3. The zero-order valence-corrected chi connectivity index (χ0v) is 28.8. The highest BCUT2D eigenvalue weighted by Crippen LogP contribution is 2.77. The Bertz CT molecular complexity index is 1000. The Labute approximate surface area is 256 Å². The molecule has 10 atom stereocenters. The van der Waals surface area contributed by atoms with Crippen molar-refractivity contribution in [1.82, 2.24) is 0 Å². The molecule has 1 N–H and O–H groups in total. The number of carbonyl (C=O) groups excluding carboxylic acids is 1. The summed E-state index contributed by atoms with van der Waals surface area (Å²) in [5, 5.41) is 11.0. The molecule has 230 valence electrons. The fourth-order valence-electron chi connectivity index (χ4n) is 12.0. The van der Waals surface area contributed by atoms with E-state index in [1.165, 1.54) is 31.3 Å². The summed E-state index contributed by atoms with van der Waals surface area (Å²) in [4.78, 5) is 14.1. The van der Waals surface area contributed by atoms with E-state index in [0.717, 1.165) is 49.6 Å². The molecule has 0 radical (unpaired) electrons. The average molecular weight is 623 g/mol. The number of fused-ring (bicyclic) bond motifs is 7. The van der Waals surface area contributed by atoms with Crippen LogP contribution in [0.2, 0.25) is 0 Å². The Kier molecular flexibility index (Phi) is 8.42. The summed E-state index contributed by atoms with van der Waals surface area (Å²) in [6.07, 6.45) is 11.1. The number of aliphatic hydroxyl groups excluding tert-OH is 1. The van der Waals surface area contributed by atoms with Crippen LogP contribution >= 0.6 is 0 Å². The van der Waals surface area contributed by atoms with Crippen molar-refractivity contribution in [3.8, 4) is 0 Å². The molecule has 0 aromatic heterocycles. The van der Waals surface area contributed by atoms with Crippen molar-refractivity contribution >= 4 is 5.97 Å². The van der Waals surface area contributed by atoms with Crippen LogP contribution < -0.4 is 17.0 Å². The monoisotopic (exact) mass is 621 g/mol. The van der Waals surface area contributed by atoms with Crippen LogP contribution in [0.3, 0.4) is 0 Å². The maximum Gasteiger partial charge on any atom is 0.312 e. The first-order valence-electron chi connectivity index (χ1n) is 16.3. The topological polar surface area (TPSA) is 46.5 Å². The van der Waals surface area contributed by atoms with Gasteiger partial charge < -0.3 is 31.3 Å². The molecule has 0 aromatic rings. The number of quaternary nitrogens is 1. The van der Waals surface area contributed by atoms with Crippen LogP contribution in [0.4, 0.5) is 0 Å². The number of hydrogen-bond acceptors (Lipinski definition) is 3. The van der Waals surface area contributed by atoms with Crippen LogP contribution in [0.5, 0.6) is 0 Å². The number of esters is 1. The molecule has 5 saturated carbocycles. The van der Waals surface area contributed by atoms with E-state index in [2.05, 4.69) is 69.3 Å². The Balaban J connectivity index is 0.00000370. The van der Waals surface area contributed by atoms with Crippen LogP contribution in [0.25, 0.3) is 0 Å². The van der Waals surface area contributed by atoms with E-state index in [9.17, 15) is 9.90 Å². The number of rotatable bonds is 5. The SMILES string of the molecule is C=C(C)[C@@H]1CC[C@]2(C(=O)OCC[N+](C)(C)C)CC[C@]3(C)[C@H](CC[C@@H]4[C@@]5(C)CC[C@H](O)C(C)(C)[C@@H]5CC[C@]43C)[C@@H]12.[Br-]. The number of aliphatic hydroxyl groups is 1. The van der Waals surface area contributed by atoms with Gasteiger partial charge in [0.2, 0.25) is 0 Å². The van der Waals surface area contributed by atoms with Crippen LogP contribution in [0.15, 0.2) is 12.2 Å². The molecule has 0 saturated heterocycles. The van der Waals surface area contributed by atoms with Gasteiger partial charge in [0.05, 0.1) is 32.7 Å². The molecule has 0 aliphatic heterocycles. The molecular weight excluding hydrogens is 562 g/mol. The van der Waals surface area contributed by atoms with Crippen LogP contribution in [0, 0.1) is 56.7 Å². The first-order chi connectivity index (χ1) is 17.9. The fraction of sp³-hybridized carbons (Fsp3) is 0.914. The van der Waals surface area contributed by atoms with E-state index in [-0.39, 0.29) is 56.1 Å². The quantitative estimate of drug-likeness (QED) is 0.283. The normalized spacial score (nSPS) is 47.5. The Hall–Kier alpha value is -0.390. The Morgan fingerprint density at radius 2 is 1.55 bits per heavy atom. The van der Waals surface area contributed by atoms with Crippen molar-refractivity contribution in [2.45, 2.75) is 112 Å². The molecule has 5 fully saturated rings. The zero-order chi connectivity index (χ0) is 28.8. The third-order valence-electron chi connectivity index (χ3n) is 14.4. The summed E-state index contributed by atoms with van der Waals surface area (Å²) in [6.45, 7) is 20.6. The number of ether oxygens (including phenoxy) is 1. The van der Waals surface area contributed by atoms with Crippen molar-refractivity contribution in [1.29, 1.82) is 0 Å². The molecule has 4 nitrogen and oxygen atoms in total. The number of allylic oxidation sites excluding steroid dienone is 1. The van der Waals surface area contributed by atoms with Gasteiger partial charge in [-0.1, -0.05) is 46.8 Å². The smallest absolute Gasteiger partial charge is 0.312 e. The van der Waals surface area contributed by atoms with Gasteiger partial charge in [0.25, 0.3) is 0 Å². The van der Waals surface area contributed by atoms with Gasteiger partial charge in [-0.15, -0.1) is 0 Å². The molecule has 0 heterocycles. The molecule has 0 amide bonds. The van der Waals surface area contributed by atoms with Gasteiger partial charge in [-0.25, -0.2) is 0 Å². The number of nitrogens with zero attached hydrogens (tertiary/aromatic N) is 1. The number of hydrogen-bond donors (Lipinski definition) is 1. The van der Waals surface area contributed by atoms with E-state index in [0.29, 0.717) is 36.2 Å². The lowest BCUT2D eigenvalue weighted by molar-refractivity contribution is -0.870. The van der Waals surface area contributed by atoms with Gasteiger partial charge in [0.1, 0.15) is 13.2 Å². The zero-order valence-electron chi connectivity index (χ0n) is 27.2. The second kappa shape index (κ2) is 10.4. The van der Waals surface area contributed by atoms with Crippen molar-refractivity contribution < 1.29 is 36.1 Å². The van der Waals surface area contributed by atoms with Crippen molar-refractivity contribution in [2.75, 3.05) is 34.3 Å². The minimum Gasteiger partial charge on any atom is -1.00 e. The fourth-order valence-corrected chi connectivity index (χ4v) is 12.0. The van der Waals surface area contributed by atoms with Crippen LogP contribution in [-0.4, -0.2) is 56.0 Å². The van der Waals surface area contributed by atoms with Crippen molar-refractivity contribution in [2.24, 2.45) is 56.7 Å². The third kappa shape index (κ3) is 4.52. The molecule has 5 rings (SSSR count). The molecule has 0 aromatic carbocycles. The van der Waals surface area contributed by atoms with E-state index in [4.69, 9.17) is 4.74 Å². The molecule has 5 heteroatoms. The average Bonchev–Trinajstić information content (AvgIpc) is 3.23. The minimum absolute atomic E-state index is 0. The van der Waals surface area contributed by atoms with Gasteiger partial charge in [-0.05, 0) is 122 Å². The Morgan fingerprint density at radius 3 is 2.17 bits per heavy atom. The molecule has 0 bridgehead atoms. The highest BCUT2D eigenvalue weighted by molar-refractivity contribution is 5.78. The highest BCUT2D eigenvalue weighted by atomic mass is 79.9. The van der Waals surface area contributed by atoms with E-state index in [1.807, 2.05) is 0 Å². The minimum atomic E-state index is -0.333. The summed E-state index contributed by atoms with van der Waals surface area (Å²) in [7, 11) is 6.49. The largest absolute Gasteiger partial charge is 1.00 e. The van der Waals surface area contributed by atoms with E-state index >= 15 is 0 Å². The molecule has 0 spiro atoms. The third-order valence-corrected chi connectivity index (χ3v) is 14.4. The predicted molar refractivity (Wildman–Crippen MR) is 159 cm³/mol. The molecule has 0 unspecified atom stereocenters. The first kappa shape index (κ1) is 32.5. The van der Waals surface area contributed by atoms with Gasteiger partial charge in [0, 0.05) is 0 Å². The molecule has 5 aliphatic carbocycles. The summed E-state index contributed by atoms with van der Waals surface area (Å²) in [5.41, 5.74) is 1.70. The van der Waals surface area contributed by atoms with Crippen LogP contribution in [0.1, 0.15) is 106 Å². The molecule has 40 heavy (non-hydrogen) atoms. The van der Waals surface area contributed by atoms with E-state index in [1.54, 1.807) is 0 Å². The predicted octanol–water partition coefficient (Wildman–Crippen LogP) is 4.26. The lowest BCUT2D eigenvalue weighted by Crippen LogP contribution is -3.00. The summed E-state index contributed by atoms with van der Waals surface area (Å²) in [5.74, 6) is 2.70. The second-order valence-electron chi connectivity index (χ2n) is 17.4. The summed E-state index contributed by atoms with van der Waals surface area (Å²) in [6, 6.07) is 0. The highest BCUT2D eigenvalue weighted by Gasteiger charge is 2.72. The van der Waals surface area contributed by atoms with Crippen LogP contribution in [-0.2, 0) is 9.53 Å². The number of likely N-dealkylation sites (N-methyl/N-ethyl adjacent to an activating group) is 1.